The Bertz CT molecular complexity index is 295. The van der Waals surface area contributed by atoms with Gasteiger partial charge in [-0.3, -0.25) is 4.79 Å². The van der Waals surface area contributed by atoms with E-state index in [4.69, 9.17) is 0 Å². The molecule has 0 aromatic carbocycles. The molecule has 0 aliphatic rings. The number of hydrogen-bond acceptors (Lipinski definition) is 2. The summed E-state index contributed by atoms with van der Waals surface area (Å²) in [4.78, 5) is 13.0. The Labute approximate surface area is 97.6 Å². The number of nitrogens with zero attached hydrogens (tertiary/aromatic N) is 1. The van der Waals surface area contributed by atoms with Crippen LogP contribution in [0.4, 0.5) is 0 Å². The summed E-state index contributed by atoms with van der Waals surface area (Å²) >= 11 is 0. The molecule has 0 bridgehead atoms. The first kappa shape index (κ1) is 14.7. The number of aromatic nitrogens is 2. The Kier molecular flexibility index (Phi) is 8.21. The molecule has 1 N–H and O–H groups in total. The fourth-order valence-corrected chi connectivity index (χ4v) is 1.22. The highest BCUT2D eigenvalue weighted by atomic mass is 16.5. The standard InChI is InChI=1S/C8H14N2.C4H8O2/c1-3-4-6-10-7-5-9-8(10)2;1-3-6-4(2)5/h5,7H,3-4,6H2,1-2H3;3H2,1-2H3/p+1. The van der Waals surface area contributed by atoms with Crippen LogP contribution in [0.2, 0.25) is 0 Å². The van der Waals surface area contributed by atoms with Gasteiger partial charge in [0.2, 0.25) is 0 Å². The number of carbonyl (C=O) groups excluding carboxylic acids is 1. The number of aromatic amines is 1. The fraction of sp³-hybridized carbons (Fsp3) is 0.667. The van der Waals surface area contributed by atoms with Crippen molar-refractivity contribution in [2.24, 2.45) is 0 Å². The summed E-state index contributed by atoms with van der Waals surface area (Å²) in [6.45, 7) is 9.10. The van der Waals surface area contributed by atoms with Crippen molar-refractivity contribution in [3.63, 3.8) is 0 Å². The zero-order valence-corrected chi connectivity index (χ0v) is 10.7. The van der Waals surface area contributed by atoms with Gasteiger partial charge in [-0.2, -0.15) is 0 Å². The minimum absolute atomic E-state index is 0.211. The maximum absolute atomic E-state index is 9.82. The maximum atomic E-state index is 9.82. The Morgan fingerprint density at radius 1 is 1.50 bits per heavy atom. The first-order chi connectivity index (χ1) is 7.61. The van der Waals surface area contributed by atoms with Gasteiger partial charge in [0.15, 0.2) is 0 Å². The van der Waals surface area contributed by atoms with Crippen molar-refractivity contribution < 1.29 is 14.1 Å². The molecule has 0 fully saturated rings. The molecule has 0 aliphatic carbocycles. The molecule has 0 saturated carbocycles. The first-order valence-electron chi connectivity index (χ1n) is 5.78. The third kappa shape index (κ3) is 7.04. The zero-order chi connectivity index (χ0) is 12.4. The smallest absolute Gasteiger partial charge is 0.302 e. The van der Waals surface area contributed by atoms with Gasteiger partial charge in [-0.05, 0) is 13.3 Å². The van der Waals surface area contributed by atoms with E-state index in [1.807, 2.05) is 6.20 Å². The molecule has 0 saturated heterocycles. The number of hydrogen-bond donors (Lipinski definition) is 1. The summed E-state index contributed by atoms with van der Waals surface area (Å²) in [6, 6.07) is 0. The number of nitrogens with one attached hydrogen (secondary N) is 1. The van der Waals surface area contributed by atoms with E-state index in [2.05, 4.69) is 34.3 Å². The first-order valence-corrected chi connectivity index (χ1v) is 5.78. The molecule has 0 amide bonds. The topological polar surface area (TPSA) is 46.0 Å². The van der Waals surface area contributed by atoms with Gasteiger partial charge < -0.3 is 4.74 Å². The van der Waals surface area contributed by atoms with E-state index in [1.165, 1.54) is 25.6 Å². The summed E-state index contributed by atoms with van der Waals surface area (Å²) in [5, 5.41) is 0. The highest BCUT2D eigenvalue weighted by Gasteiger charge is 2.01. The molecule has 1 aromatic heterocycles. The second-order valence-electron chi connectivity index (χ2n) is 3.52. The van der Waals surface area contributed by atoms with E-state index < -0.39 is 0 Å². The second kappa shape index (κ2) is 8.95. The molecule has 4 heteroatoms. The molecule has 0 unspecified atom stereocenters. The van der Waals surface area contributed by atoms with E-state index in [0.29, 0.717) is 6.61 Å². The van der Waals surface area contributed by atoms with Crippen LogP contribution in [0.15, 0.2) is 12.4 Å². The van der Waals surface area contributed by atoms with Gasteiger partial charge in [0, 0.05) is 13.8 Å². The molecule has 1 heterocycles. The summed E-state index contributed by atoms with van der Waals surface area (Å²) in [6.07, 6.45) is 6.59. The molecule has 0 aliphatic heterocycles. The summed E-state index contributed by atoms with van der Waals surface area (Å²) in [5.41, 5.74) is 0. The Hall–Kier alpha value is -1.32. The third-order valence-corrected chi connectivity index (χ3v) is 2.08. The molecular formula is C12H23N2O2+. The number of carbonyl (C=O) groups is 1. The van der Waals surface area contributed by atoms with Gasteiger partial charge in [-0.1, -0.05) is 13.3 Å². The normalized spacial score (nSPS) is 9.25. The van der Waals surface area contributed by atoms with E-state index in [0.717, 1.165) is 6.54 Å². The molecule has 0 atom stereocenters. The molecule has 0 spiro atoms. The van der Waals surface area contributed by atoms with Crippen molar-refractivity contribution in [3.05, 3.63) is 18.2 Å². The lowest BCUT2D eigenvalue weighted by Crippen LogP contribution is -2.34. The van der Waals surface area contributed by atoms with Crippen LogP contribution in [-0.4, -0.2) is 17.6 Å². The average Bonchev–Trinajstić information content (AvgIpc) is 2.62. The Morgan fingerprint density at radius 3 is 2.50 bits per heavy atom. The third-order valence-electron chi connectivity index (χ3n) is 2.08. The molecule has 1 aromatic rings. The van der Waals surface area contributed by atoms with Gasteiger partial charge in [-0.25, -0.2) is 9.55 Å². The molecule has 4 nitrogen and oxygen atoms in total. The van der Waals surface area contributed by atoms with Crippen LogP contribution in [0.3, 0.4) is 0 Å². The lowest BCUT2D eigenvalue weighted by atomic mass is 10.3. The Balaban J connectivity index is 0.000000325. The van der Waals surface area contributed by atoms with E-state index in [9.17, 15) is 4.79 Å². The average molecular weight is 227 g/mol. The highest BCUT2D eigenvalue weighted by Crippen LogP contribution is 1.88. The molecule has 1 rings (SSSR count). The van der Waals surface area contributed by atoms with Crippen molar-refractivity contribution >= 4 is 5.97 Å². The monoisotopic (exact) mass is 227 g/mol. The Morgan fingerprint density at radius 2 is 2.19 bits per heavy atom. The van der Waals surface area contributed by atoms with E-state index >= 15 is 0 Å². The number of unbranched alkanes of at least 4 members (excludes halogenated alkanes) is 1. The summed E-state index contributed by atoms with van der Waals surface area (Å²) < 4.78 is 6.64. The van der Waals surface area contributed by atoms with Crippen LogP contribution in [0.25, 0.3) is 0 Å². The molecule has 92 valence electrons. The lowest BCUT2D eigenvalue weighted by Gasteiger charge is -1.93. The largest absolute Gasteiger partial charge is 0.466 e. The van der Waals surface area contributed by atoms with Gasteiger partial charge in [0.25, 0.3) is 5.82 Å². The van der Waals surface area contributed by atoms with Crippen LogP contribution in [0.5, 0.6) is 0 Å². The molecule has 0 radical (unpaired) electrons. The predicted molar refractivity (Wildman–Crippen MR) is 62.9 cm³/mol. The van der Waals surface area contributed by atoms with Crippen molar-refractivity contribution in [2.75, 3.05) is 6.61 Å². The number of imidazole rings is 1. The van der Waals surface area contributed by atoms with Crippen LogP contribution in [0, 0.1) is 6.92 Å². The zero-order valence-electron chi connectivity index (χ0n) is 10.7. The molecule has 16 heavy (non-hydrogen) atoms. The number of aryl methyl sites for hydroxylation is 2. The fourth-order valence-electron chi connectivity index (χ4n) is 1.22. The second-order valence-corrected chi connectivity index (χ2v) is 3.52. The minimum atomic E-state index is -0.211. The van der Waals surface area contributed by atoms with Gasteiger partial charge in [-0.15, -0.1) is 0 Å². The van der Waals surface area contributed by atoms with Crippen LogP contribution in [0.1, 0.15) is 39.4 Å². The molecular weight excluding hydrogens is 204 g/mol. The highest BCUT2D eigenvalue weighted by molar-refractivity contribution is 5.65. The van der Waals surface area contributed by atoms with Gasteiger partial charge in [0.1, 0.15) is 12.4 Å². The van der Waals surface area contributed by atoms with Crippen molar-refractivity contribution in [1.29, 1.82) is 0 Å². The van der Waals surface area contributed by atoms with Crippen LogP contribution < -0.4 is 4.57 Å². The van der Waals surface area contributed by atoms with Crippen molar-refractivity contribution in [2.45, 2.75) is 47.1 Å². The summed E-state index contributed by atoms with van der Waals surface area (Å²) in [7, 11) is 0. The van der Waals surface area contributed by atoms with Crippen LogP contribution >= 0.6 is 0 Å². The number of esters is 1. The van der Waals surface area contributed by atoms with E-state index in [-0.39, 0.29) is 5.97 Å². The number of H-pyrrole nitrogens is 1. The predicted octanol–water partition coefficient (Wildman–Crippen LogP) is 1.98. The van der Waals surface area contributed by atoms with Crippen LogP contribution in [-0.2, 0) is 16.1 Å². The SMILES string of the molecule is CCCC[n+]1cc[nH]c1C.CCOC(C)=O. The van der Waals surface area contributed by atoms with E-state index in [1.54, 1.807) is 6.92 Å². The van der Waals surface area contributed by atoms with Crippen molar-refractivity contribution in [3.8, 4) is 0 Å². The minimum Gasteiger partial charge on any atom is -0.466 e. The quantitative estimate of drug-likeness (QED) is 0.631. The van der Waals surface area contributed by atoms with Gasteiger partial charge >= 0.3 is 5.97 Å². The van der Waals surface area contributed by atoms with Gasteiger partial charge in [0.05, 0.1) is 13.2 Å². The lowest BCUT2D eigenvalue weighted by molar-refractivity contribution is -0.701. The van der Waals surface area contributed by atoms with Crippen molar-refractivity contribution in [1.82, 2.24) is 4.98 Å². The summed E-state index contributed by atoms with van der Waals surface area (Å²) in [5.74, 6) is 1.03. The number of ether oxygens (including phenoxy) is 1. The maximum Gasteiger partial charge on any atom is 0.302 e. The number of rotatable bonds is 4.